The molecule has 4 nitrogen and oxygen atoms in total. The van der Waals surface area contributed by atoms with Crippen LogP contribution in [-0.2, 0) is 6.54 Å². The second kappa shape index (κ2) is 11.3. The highest BCUT2D eigenvalue weighted by molar-refractivity contribution is 7.18. The van der Waals surface area contributed by atoms with Crippen LogP contribution in [0.4, 0.5) is 0 Å². The number of nitrogens with one attached hydrogen (secondary N) is 1. The molecule has 158 valence electrons. The molecule has 0 radical (unpaired) electrons. The molecule has 1 N–H and O–H groups in total. The lowest BCUT2D eigenvalue weighted by atomic mass is 10.0. The zero-order valence-electron chi connectivity index (χ0n) is 16.9. The first-order valence-electron chi connectivity index (χ1n) is 9.39. The summed E-state index contributed by atoms with van der Waals surface area (Å²) in [6.07, 6.45) is 3.82. The molecule has 2 heterocycles. The second-order valence-corrected chi connectivity index (χ2v) is 8.07. The minimum Gasteiger partial charge on any atom is -0.492 e. The van der Waals surface area contributed by atoms with Crippen molar-refractivity contribution in [3.05, 3.63) is 77.1 Å². The van der Waals surface area contributed by atoms with Crippen LogP contribution in [0.25, 0.3) is 21.3 Å². The summed E-state index contributed by atoms with van der Waals surface area (Å²) in [5.41, 5.74) is 5.77. The van der Waals surface area contributed by atoms with Crippen molar-refractivity contribution < 1.29 is 4.74 Å². The molecule has 4 rings (SSSR count). The topological polar surface area (TPSA) is 47.0 Å². The van der Waals surface area contributed by atoms with Gasteiger partial charge in [0.25, 0.3) is 0 Å². The van der Waals surface area contributed by atoms with E-state index in [0.29, 0.717) is 6.61 Å². The first-order chi connectivity index (χ1) is 13.7. The molecular formula is C23H25Cl2N3OS. The molecule has 0 saturated carbocycles. The molecule has 0 fully saturated rings. The number of ether oxygens (including phenoxy) is 1. The Labute approximate surface area is 193 Å². The smallest absolute Gasteiger partial charge is 0.121 e. The zero-order chi connectivity index (χ0) is 19.3. The third kappa shape index (κ3) is 6.16. The Balaban J connectivity index is 0.00000160. The van der Waals surface area contributed by atoms with E-state index < -0.39 is 0 Å². The van der Waals surface area contributed by atoms with Gasteiger partial charge in [0.1, 0.15) is 12.4 Å². The molecule has 0 spiro atoms. The van der Waals surface area contributed by atoms with Gasteiger partial charge in [-0.15, -0.1) is 36.2 Å². The second-order valence-electron chi connectivity index (χ2n) is 6.84. The van der Waals surface area contributed by atoms with E-state index in [2.05, 4.69) is 58.6 Å². The number of hydrogen-bond acceptors (Lipinski definition) is 5. The zero-order valence-corrected chi connectivity index (χ0v) is 19.4. The van der Waals surface area contributed by atoms with Gasteiger partial charge in [0, 0.05) is 37.1 Å². The molecule has 0 atom stereocenters. The SMILES string of the molecule is Cc1ccc(-c2cncc(CNCCOc3ccc4sc(C)nc4c3)c2)cc1.Cl.Cl. The van der Waals surface area contributed by atoms with Crippen molar-refractivity contribution in [2.45, 2.75) is 20.4 Å². The van der Waals surface area contributed by atoms with Gasteiger partial charge in [0.15, 0.2) is 0 Å². The lowest BCUT2D eigenvalue weighted by molar-refractivity contribution is 0.314. The number of rotatable bonds is 7. The quantitative estimate of drug-likeness (QED) is 0.343. The monoisotopic (exact) mass is 461 g/mol. The molecule has 4 aromatic rings. The van der Waals surface area contributed by atoms with Crippen LogP contribution in [0.1, 0.15) is 16.1 Å². The molecule has 0 bridgehead atoms. The van der Waals surface area contributed by atoms with Gasteiger partial charge in [0.2, 0.25) is 0 Å². The van der Waals surface area contributed by atoms with Gasteiger partial charge in [-0.2, -0.15) is 0 Å². The summed E-state index contributed by atoms with van der Waals surface area (Å²) >= 11 is 1.71. The van der Waals surface area contributed by atoms with E-state index in [1.165, 1.54) is 15.8 Å². The van der Waals surface area contributed by atoms with Crippen molar-refractivity contribution >= 4 is 46.4 Å². The van der Waals surface area contributed by atoms with Crippen LogP contribution in [0.15, 0.2) is 60.9 Å². The van der Waals surface area contributed by atoms with E-state index >= 15 is 0 Å². The number of thiazole rings is 1. The standard InChI is InChI=1S/C23H23N3OS.2ClH/c1-16-3-5-19(6-4-16)20-11-18(14-25-15-20)13-24-9-10-27-21-7-8-23-22(12-21)26-17(2)28-23;;/h3-8,11-12,14-15,24H,9-10,13H2,1-2H3;2*1H. The van der Waals surface area contributed by atoms with Gasteiger partial charge >= 0.3 is 0 Å². The number of benzene rings is 2. The molecule has 0 saturated heterocycles. The number of aryl methyl sites for hydroxylation is 2. The number of hydrogen-bond donors (Lipinski definition) is 1. The van der Waals surface area contributed by atoms with E-state index in [1.807, 2.05) is 31.5 Å². The van der Waals surface area contributed by atoms with Crippen LogP contribution in [0.3, 0.4) is 0 Å². The van der Waals surface area contributed by atoms with Crippen LogP contribution in [0.2, 0.25) is 0 Å². The number of halogens is 2. The summed E-state index contributed by atoms with van der Waals surface area (Å²) in [5.74, 6) is 0.864. The molecule has 30 heavy (non-hydrogen) atoms. The van der Waals surface area contributed by atoms with Crippen molar-refractivity contribution in [2.24, 2.45) is 0 Å². The molecular weight excluding hydrogens is 437 g/mol. The Morgan fingerprint density at radius 1 is 0.933 bits per heavy atom. The minimum atomic E-state index is 0. The first-order valence-corrected chi connectivity index (χ1v) is 10.2. The molecule has 0 aliphatic rings. The maximum Gasteiger partial charge on any atom is 0.121 e. The normalized spacial score (nSPS) is 10.3. The molecule has 0 unspecified atom stereocenters. The summed E-state index contributed by atoms with van der Waals surface area (Å²) in [7, 11) is 0. The van der Waals surface area contributed by atoms with Crippen LogP contribution >= 0.6 is 36.2 Å². The Morgan fingerprint density at radius 3 is 2.53 bits per heavy atom. The van der Waals surface area contributed by atoms with E-state index in [4.69, 9.17) is 4.74 Å². The summed E-state index contributed by atoms with van der Waals surface area (Å²) in [6.45, 7) is 6.27. The molecule has 2 aromatic carbocycles. The van der Waals surface area contributed by atoms with Crippen LogP contribution < -0.4 is 10.1 Å². The fourth-order valence-electron chi connectivity index (χ4n) is 3.07. The maximum absolute atomic E-state index is 5.85. The predicted octanol–water partition coefficient (Wildman–Crippen LogP) is 5.99. The largest absolute Gasteiger partial charge is 0.492 e. The van der Waals surface area contributed by atoms with Crippen molar-refractivity contribution in [3.63, 3.8) is 0 Å². The summed E-state index contributed by atoms with van der Waals surface area (Å²) in [6, 6.07) is 16.8. The van der Waals surface area contributed by atoms with Crippen LogP contribution in [-0.4, -0.2) is 23.1 Å². The van der Waals surface area contributed by atoms with E-state index in [0.717, 1.165) is 40.5 Å². The Morgan fingerprint density at radius 2 is 1.73 bits per heavy atom. The lowest BCUT2D eigenvalue weighted by Gasteiger charge is -2.09. The molecule has 0 aliphatic carbocycles. The van der Waals surface area contributed by atoms with Gasteiger partial charge < -0.3 is 10.1 Å². The Bertz CT molecular complexity index is 1080. The first kappa shape index (κ1) is 24.1. The minimum absolute atomic E-state index is 0. The van der Waals surface area contributed by atoms with E-state index in [1.54, 1.807) is 11.3 Å². The van der Waals surface area contributed by atoms with Gasteiger partial charge in [-0.3, -0.25) is 4.98 Å². The summed E-state index contributed by atoms with van der Waals surface area (Å²) in [4.78, 5) is 8.90. The van der Waals surface area contributed by atoms with Crippen molar-refractivity contribution in [1.82, 2.24) is 15.3 Å². The summed E-state index contributed by atoms with van der Waals surface area (Å²) < 4.78 is 7.05. The van der Waals surface area contributed by atoms with Gasteiger partial charge in [-0.05, 0) is 43.2 Å². The van der Waals surface area contributed by atoms with Crippen LogP contribution in [0, 0.1) is 13.8 Å². The highest BCUT2D eigenvalue weighted by atomic mass is 35.5. The highest BCUT2D eigenvalue weighted by Crippen LogP contribution is 2.25. The Hall–Kier alpha value is -2.18. The summed E-state index contributed by atoms with van der Waals surface area (Å²) in [5, 5.41) is 4.50. The maximum atomic E-state index is 5.85. The van der Waals surface area contributed by atoms with Gasteiger partial charge in [-0.25, -0.2) is 4.98 Å². The molecule has 7 heteroatoms. The molecule has 0 aliphatic heterocycles. The number of pyridine rings is 1. The third-order valence-electron chi connectivity index (χ3n) is 4.52. The van der Waals surface area contributed by atoms with Crippen molar-refractivity contribution in [2.75, 3.05) is 13.2 Å². The highest BCUT2D eigenvalue weighted by Gasteiger charge is 2.03. The third-order valence-corrected chi connectivity index (χ3v) is 5.47. The van der Waals surface area contributed by atoms with E-state index in [-0.39, 0.29) is 24.8 Å². The average molecular weight is 462 g/mol. The van der Waals surface area contributed by atoms with E-state index in [9.17, 15) is 0 Å². The number of fused-ring (bicyclic) bond motifs is 1. The number of nitrogens with zero attached hydrogens (tertiary/aromatic N) is 2. The Kier molecular flexibility index (Phi) is 9.06. The fourth-order valence-corrected chi connectivity index (χ4v) is 3.88. The predicted molar refractivity (Wildman–Crippen MR) is 130 cm³/mol. The average Bonchev–Trinajstić information content (AvgIpc) is 3.08. The van der Waals surface area contributed by atoms with Crippen LogP contribution in [0.5, 0.6) is 5.75 Å². The molecule has 2 aromatic heterocycles. The van der Waals surface area contributed by atoms with Crippen molar-refractivity contribution in [1.29, 1.82) is 0 Å². The lowest BCUT2D eigenvalue weighted by Crippen LogP contribution is -2.20. The fraction of sp³-hybridized carbons (Fsp3) is 0.217. The van der Waals surface area contributed by atoms with Crippen molar-refractivity contribution in [3.8, 4) is 16.9 Å². The van der Waals surface area contributed by atoms with Gasteiger partial charge in [-0.1, -0.05) is 29.8 Å². The molecule has 0 amide bonds. The number of aromatic nitrogens is 2. The van der Waals surface area contributed by atoms with Gasteiger partial charge in [0.05, 0.1) is 15.2 Å².